The maximum atomic E-state index is 12.5. The van der Waals surface area contributed by atoms with E-state index in [9.17, 15) is 22.8 Å². The second-order valence-corrected chi connectivity index (χ2v) is 6.97. The van der Waals surface area contributed by atoms with Crippen LogP contribution in [0.4, 0.5) is 13.2 Å². The highest BCUT2D eigenvalue weighted by Crippen LogP contribution is 2.27. The normalized spacial score (nSPS) is 12.2. The van der Waals surface area contributed by atoms with E-state index in [-0.39, 0.29) is 17.9 Å². The van der Waals surface area contributed by atoms with Crippen LogP contribution in [0.1, 0.15) is 22.8 Å². The zero-order chi connectivity index (χ0) is 20.9. The summed E-state index contributed by atoms with van der Waals surface area (Å²) < 4.78 is 42.4. The van der Waals surface area contributed by atoms with E-state index in [0.717, 1.165) is 4.47 Å². The van der Waals surface area contributed by atoms with Gasteiger partial charge in [-0.3, -0.25) is 9.59 Å². The van der Waals surface area contributed by atoms with Gasteiger partial charge < -0.3 is 15.0 Å². The summed E-state index contributed by atoms with van der Waals surface area (Å²) in [6.45, 7) is 1.40. The number of rotatable bonds is 6. The summed E-state index contributed by atoms with van der Waals surface area (Å²) in [5.41, 5.74) is 0.580. The Bertz CT molecular complexity index is 841. The van der Waals surface area contributed by atoms with Crippen molar-refractivity contribution < 1.29 is 27.5 Å². The van der Waals surface area contributed by atoms with Gasteiger partial charge in [0.25, 0.3) is 5.91 Å². The topological polar surface area (TPSA) is 58.6 Å². The molecule has 2 rings (SSSR count). The Labute approximate surface area is 168 Å². The molecule has 2 amide bonds. The predicted octanol–water partition coefficient (Wildman–Crippen LogP) is 4.12. The van der Waals surface area contributed by atoms with E-state index in [1.165, 1.54) is 37.1 Å². The van der Waals surface area contributed by atoms with Gasteiger partial charge in [0, 0.05) is 29.2 Å². The summed E-state index contributed by atoms with van der Waals surface area (Å²) in [6, 6.07) is 11.3. The maximum Gasteiger partial charge on any atom is 0.573 e. The first-order valence-corrected chi connectivity index (χ1v) is 9.01. The van der Waals surface area contributed by atoms with Crippen LogP contribution < -0.4 is 10.1 Å². The average Bonchev–Trinajstić information content (AvgIpc) is 2.61. The smallest absolute Gasteiger partial charge is 0.405 e. The van der Waals surface area contributed by atoms with Crippen molar-refractivity contribution in [2.45, 2.75) is 25.9 Å². The number of para-hydroxylation sites is 1. The van der Waals surface area contributed by atoms with E-state index in [1.54, 1.807) is 30.3 Å². The predicted molar refractivity (Wildman–Crippen MR) is 101 cm³/mol. The fourth-order valence-electron chi connectivity index (χ4n) is 2.47. The van der Waals surface area contributed by atoms with Crippen LogP contribution in [0.5, 0.6) is 5.75 Å². The molecule has 0 radical (unpaired) electrons. The van der Waals surface area contributed by atoms with Crippen LogP contribution in [0, 0.1) is 0 Å². The highest BCUT2D eigenvalue weighted by molar-refractivity contribution is 9.10. The molecule has 0 aliphatic rings. The summed E-state index contributed by atoms with van der Waals surface area (Å²) >= 11 is 3.27. The molecule has 5 nitrogen and oxygen atoms in total. The zero-order valence-electron chi connectivity index (χ0n) is 15.1. The first kappa shape index (κ1) is 21.7. The van der Waals surface area contributed by atoms with E-state index < -0.39 is 24.2 Å². The van der Waals surface area contributed by atoms with Crippen molar-refractivity contribution in [1.82, 2.24) is 10.2 Å². The van der Waals surface area contributed by atoms with Crippen molar-refractivity contribution in [3.05, 3.63) is 64.1 Å². The number of hydrogen-bond acceptors (Lipinski definition) is 3. The summed E-state index contributed by atoms with van der Waals surface area (Å²) in [7, 11) is 1.44. The lowest BCUT2D eigenvalue weighted by Crippen LogP contribution is -2.45. The molecule has 1 N–H and O–H groups in total. The third-order valence-electron chi connectivity index (χ3n) is 3.81. The van der Waals surface area contributed by atoms with Gasteiger partial charge in [-0.15, -0.1) is 13.2 Å². The van der Waals surface area contributed by atoms with Gasteiger partial charge in [-0.2, -0.15) is 0 Å². The van der Waals surface area contributed by atoms with E-state index in [0.29, 0.717) is 5.56 Å². The molecular weight excluding hydrogens is 441 g/mol. The number of halogens is 4. The van der Waals surface area contributed by atoms with Gasteiger partial charge in [0.05, 0.1) is 0 Å². The van der Waals surface area contributed by atoms with Crippen LogP contribution in [0.25, 0.3) is 0 Å². The van der Waals surface area contributed by atoms with Crippen molar-refractivity contribution in [2.75, 3.05) is 7.05 Å². The number of nitrogens with one attached hydrogen (secondary N) is 1. The maximum absolute atomic E-state index is 12.5. The number of amides is 2. The SMILES string of the molecule is CC(NC(=O)c1ccc(Br)cc1)C(=O)N(C)Cc1ccccc1OC(F)(F)F. The van der Waals surface area contributed by atoms with Gasteiger partial charge in [-0.05, 0) is 37.3 Å². The van der Waals surface area contributed by atoms with Crippen molar-refractivity contribution in [3.8, 4) is 5.75 Å². The quantitative estimate of drug-likeness (QED) is 0.707. The Hall–Kier alpha value is -2.55. The molecule has 150 valence electrons. The molecule has 0 aliphatic heterocycles. The van der Waals surface area contributed by atoms with Crippen LogP contribution >= 0.6 is 15.9 Å². The Morgan fingerprint density at radius 1 is 1.14 bits per heavy atom. The molecular formula is C19H18BrF3N2O3. The van der Waals surface area contributed by atoms with Crippen LogP contribution in [-0.2, 0) is 11.3 Å². The standard InChI is InChI=1S/C19H18BrF3N2O3/c1-12(24-17(26)13-7-9-15(20)10-8-13)18(27)25(2)11-14-5-3-4-6-16(14)28-19(21,22)23/h3-10,12H,11H2,1-2H3,(H,24,26). The van der Waals surface area contributed by atoms with Crippen LogP contribution in [0.15, 0.2) is 53.0 Å². The van der Waals surface area contributed by atoms with Crippen LogP contribution in [0.2, 0.25) is 0 Å². The average molecular weight is 459 g/mol. The zero-order valence-corrected chi connectivity index (χ0v) is 16.7. The van der Waals surface area contributed by atoms with Gasteiger partial charge >= 0.3 is 6.36 Å². The summed E-state index contributed by atoms with van der Waals surface area (Å²) in [5, 5.41) is 2.58. The van der Waals surface area contributed by atoms with Crippen LogP contribution in [0.3, 0.4) is 0 Å². The first-order chi connectivity index (χ1) is 13.1. The second-order valence-electron chi connectivity index (χ2n) is 6.05. The monoisotopic (exact) mass is 458 g/mol. The van der Waals surface area contributed by atoms with E-state index in [1.807, 2.05) is 0 Å². The molecule has 0 bridgehead atoms. The summed E-state index contributed by atoms with van der Waals surface area (Å²) in [5.74, 6) is -1.25. The van der Waals surface area contributed by atoms with E-state index >= 15 is 0 Å². The minimum absolute atomic E-state index is 0.108. The lowest BCUT2D eigenvalue weighted by atomic mass is 10.1. The minimum Gasteiger partial charge on any atom is -0.405 e. The molecule has 0 aliphatic carbocycles. The number of ether oxygens (including phenoxy) is 1. The van der Waals surface area contributed by atoms with Gasteiger partial charge in [0.15, 0.2) is 0 Å². The molecule has 0 fully saturated rings. The largest absolute Gasteiger partial charge is 0.573 e. The Morgan fingerprint density at radius 2 is 1.75 bits per heavy atom. The molecule has 2 aromatic carbocycles. The molecule has 0 saturated carbocycles. The number of carbonyl (C=O) groups is 2. The first-order valence-electron chi connectivity index (χ1n) is 8.22. The minimum atomic E-state index is -4.83. The summed E-state index contributed by atoms with van der Waals surface area (Å²) in [6.07, 6.45) is -4.83. The van der Waals surface area contributed by atoms with Gasteiger partial charge in [0.2, 0.25) is 5.91 Å². The Balaban J connectivity index is 2.02. The number of likely N-dealkylation sites (N-methyl/N-ethyl adjacent to an activating group) is 1. The van der Waals surface area contributed by atoms with Crippen molar-refractivity contribution >= 4 is 27.7 Å². The van der Waals surface area contributed by atoms with E-state index in [2.05, 4.69) is 26.0 Å². The molecule has 2 aromatic rings. The van der Waals surface area contributed by atoms with Crippen molar-refractivity contribution in [2.24, 2.45) is 0 Å². The molecule has 9 heteroatoms. The molecule has 0 spiro atoms. The number of nitrogens with zero attached hydrogens (tertiary/aromatic N) is 1. The number of benzene rings is 2. The van der Waals surface area contributed by atoms with Crippen molar-refractivity contribution in [1.29, 1.82) is 0 Å². The van der Waals surface area contributed by atoms with Crippen molar-refractivity contribution in [3.63, 3.8) is 0 Å². The molecule has 1 atom stereocenters. The molecule has 0 heterocycles. The summed E-state index contributed by atoms with van der Waals surface area (Å²) in [4.78, 5) is 26.0. The molecule has 1 unspecified atom stereocenters. The number of carbonyl (C=O) groups excluding carboxylic acids is 2. The molecule has 0 aromatic heterocycles. The molecule has 0 saturated heterocycles. The van der Waals surface area contributed by atoms with Gasteiger partial charge in [-0.1, -0.05) is 34.1 Å². The fraction of sp³-hybridized carbons (Fsp3) is 0.263. The number of alkyl halides is 3. The van der Waals surface area contributed by atoms with Gasteiger partial charge in [0.1, 0.15) is 11.8 Å². The lowest BCUT2D eigenvalue weighted by Gasteiger charge is -2.23. The Morgan fingerprint density at radius 3 is 2.36 bits per heavy atom. The number of hydrogen-bond donors (Lipinski definition) is 1. The fourth-order valence-corrected chi connectivity index (χ4v) is 2.73. The Kier molecular flexibility index (Phi) is 7.06. The third-order valence-corrected chi connectivity index (χ3v) is 4.34. The second kappa shape index (κ2) is 9.09. The van der Waals surface area contributed by atoms with E-state index in [4.69, 9.17) is 0 Å². The highest BCUT2D eigenvalue weighted by atomic mass is 79.9. The van der Waals surface area contributed by atoms with Gasteiger partial charge in [-0.25, -0.2) is 0 Å². The third kappa shape index (κ3) is 6.26. The molecule has 28 heavy (non-hydrogen) atoms. The highest BCUT2D eigenvalue weighted by Gasteiger charge is 2.32. The van der Waals surface area contributed by atoms with Crippen LogP contribution in [-0.4, -0.2) is 36.2 Å². The lowest BCUT2D eigenvalue weighted by molar-refractivity contribution is -0.275.